The quantitative estimate of drug-likeness (QED) is 0.486. The molecule has 3 rings (SSSR count). The molecule has 31 heavy (non-hydrogen) atoms. The van der Waals surface area contributed by atoms with Crippen molar-refractivity contribution in [1.29, 1.82) is 0 Å². The second-order valence-electron chi connectivity index (χ2n) is 8.82. The van der Waals surface area contributed by atoms with Crippen molar-refractivity contribution < 1.29 is 9.47 Å². The van der Waals surface area contributed by atoms with Crippen LogP contribution < -0.4 is 10.1 Å². The van der Waals surface area contributed by atoms with Crippen LogP contribution in [0.4, 0.5) is 0 Å². The van der Waals surface area contributed by atoms with Gasteiger partial charge in [-0.25, -0.2) is 0 Å². The highest BCUT2D eigenvalue weighted by Crippen LogP contribution is 2.25. The Morgan fingerprint density at radius 1 is 1.35 bits per heavy atom. The number of benzene rings is 1. The summed E-state index contributed by atoms with van der Waals surface area (Å²) in [5.41, 5.74) is 1.21. The van der Waals surface area contributed by atoms with E-state index in [4.69, 9.17) is 9.47 Å². The Morgan fingerprint density at radius 2 is 2.16 bits per heavy atom. The van der Waals surface area contributed by atoms with Gasteiger partial charge in [-0.1, -0.05) is 26.0 Å². The molecular formula is C24H40N4O2S. The van der Waals surface area contributed by atoms with E-state index in [1.165, 1.54) is 5.56 Å². The van der Waals surface area contributed by atoms with Gasteiger partial charge in [-0.15, -0.1) is 0 Å². The van der Waals surface area contributed by atoms with Crippen molar-refractivity contribution >= 4 is 17.7 Å². The molecule has 0 aromatic heterocycles. The number of nitrogens with zero attached hydrogens (tertiary/aromatic N) is 3. The number of hydrogen-bond acceptors (Lipinski definition) is 5. The number of aliphatic imine (C=N–C) groups is 1. The first-order chi connectivity index (χ1) is 15.1. The number of thioether (sulfide) groups is 1. The van der Waals surface area contributed by atoms with Crippen LogP contribution >= 0.6 is 11.8 Å². The maximum atomic E-state index is 6.05. The summed E-state index contributed by atoms with van der Waals surface area (Å²) < 4.78 is 11.5. The molecule has 7 heteroatoms. The van der Waals surface area contributed by atoms with Crippen molar-refractivity contribution in [2.45, 2.75) is 44.5 Å². The van der Waals surface area contributed by atoms with Crippen molar-refractivity contribution in [2.24, 2.45) is 10.9 Å². The van der Waals surface area contributed by atoms with Crippen LogP contribution in [0.3, 0.4) is 0 Å². The minimum atomic E-state index is 0.614. The number of ether oxygens (including phenoxy) is 2. The van der Waals surface area contributed by atoms with E-state index in [1.807, 2.05) is 13.1 Å². The molecule has 1 aromatic carbocycles. The number of nitrogens with one attached hydrogen (secondary N) is 1. The van der Waals surface area contributed by atoms with Gasteiger partial charge < -0.3 is 19.7 Å². The molecule has 0 bridgehead atoms. The molecule has 2 saturated heterocycles. The smallest absolute Gasteiger partial charge is 0.193 e. The SMILES string of the molecule is CN=C(NCc1cccc(OCCN(C)C2CCOCC2)c1)N1CCSC(C(C)C)C1. The molecule has 1 atom stereocenters. The number of likely N-dealkylation sites (N-methyl/N-ethyl adjacent to an activating group) is 1. The van der Waals surface area contributed by atoms with Gasteiger partial charge in [0, 0.05) is 63.5 Å². The Bertz CT molecular complexity index is 694. The van der Waals surface area contributed by atoms with Gasteiger partial charge in [0.25, 0.3) is 0 Å². The van der Waals surface area contributed by atoms with E-state index in [1.54, 1.807) is 0 Å². The summed E-state index contributed by atoms with van der Waals surface area (Å²) in [6.07, 6.45) is 2.24. The lowest BCUT2D eigenvalue weighted by Gasteiger charge is -2.36. The van der Waals surface area contributed by atoms with Gasteiger partial charge in [0.15, 0.2) is 5.96 Å². The van der Waals surface area contributed by atoms with Crippen molar-refractivity contribution in [1.82, 2.24) is 15.1 Å². The zero-order valence-corrected chi connectivity index (χ0v) is 20.5. The van der Waals surface area contributed by atoms with Gasteiger partial charge >= 0.3 is 0 Å². The Labute approximate surface area is 192 Å². The van der Waals surface area contributed by atoms with Crippen LogP contribution in [0, 0.1) is 5.92 Å². The Morgan fingerprint density at radius 3 is 2.90 bits per heavy atom. The van der Waals surface area contributed by atoms with Crippen molar-refractivity contribution in [3.8, 4) is 5.75 Å². The third-order valence-electron chi connectivity index (χ3n) is 6.22. The first-order valence-electron chi connectivity index (χ1n) is 11.6. The fourth-order valence-electron chi connectivity index (χ4n) is 4.15. The number of rotatable bonds is 8. The molecule has 0 saturated carbocycles. The molecule has 1 unspecified atom stereocenters. The molecule has 2 heterocycles. The molecule has 174 valence electrons. The Kier molecular flexibility index (Phi) is 9.81. The molecule has 1 aromatic rings. The predicted molar refractivity (Wildman–Crippen MR) is 131 cm³/mol. The lowest BCUT2D eigenvalue weighted by molar-refractivity contribution is 0.0392. The first-order valence-corrected chi connectivity index (χ1v) is 12.7. The first kappa shape index (κ1) is 24.2. The van der Waals surface area contributed by atoms with Gasteiger partial charge in [-0.05, 0) is 43.5 Å². The monoisotopic (exact) mass is 448 g/mol. The fraction of sp³-hybridized carbons (Fsp3) is 0.708. The second kappa shape index (κ2) is 12.6. The van der Waals surface area contributed by atoms with Crippen LogP contribution in [-0.4, -0.2) is 86.4 Å². The molecule has 6 nitrogen and oxygen atoms in total. The molecule has 0 spiro atoms. The highest BCUT2D eigenvalue weighted by atomic mass is 32.2. The van der Waals surface area contributed by atoms with Gasteiger partial charge in [-0.2, -0.15) is 11.8 Å². The summed E-state index contributed by atoms with van der Waals surface area (Å²) in [6, 6.07) is 9.01. The maximum absolute atomic E-state index is 6.05. The third-order valence-corrected chi connectivity index (χ3v) is 7.76. The second-order valence-corrected chi connectivity index (χ2v) is 10.2. The molecule has 2 aliphatic heterocycles. The van der Waals surface area contributed by atoms with Gasteiger partial charge in [0.2, 0.25) is 0 Å². The average Bonchev–Trinajstić information content (AvgIpc) is 2.80. The third kappa shape index (κ3) is 7.58. The van der Waals surface area contributed by atoms with Crippen LogP contribution in [0.5, 0.6) is 5.75 Å². The molecule has 0 radical (unpaired) electrons. The van der Waals surface area contributed by atoms with Gasteiger partial charge in [0.1, 0.15) is 12.4 Å². The lowest BCUT2D eigenvalue weighted by atomic mass is 10.1. The van der Waals surface area contributed by atoms with Crippen LogP contribution in [0.1, 0.15) is 32.3 Å². The van der Waals surface area contributed by atoms with E-state index < -0.39 is 0 Å². The van der Waals surface area contributed by atoms with Crippen molar-refractivity contribution in [3.63, 3.8) is 0 Å². The minimum absolute atomic E-state index is 0.614. The molecular weight excluding hydrogens is 408 g/mol. The lowest BCUT2D eigenvalue weighted by Crippen LogP contribution is -2.48. The van der Waals surface area contributed by atoms with Crippen LogP contribution in [0.2, 0.25) is 0 Å². The van der Waals surface area contributed by atoms with Crippen molar-refractivity contribution in [2.75, 3.05) is 59.3 Å². The summed E-state index contributed by atoms with van der Waals surface area (Å²) in [4.78, 5) is 9.33. The molecule has 1 N–H and O–H groups in total. The molecule has 0 aliphatic carbocycles. The highest BCUT2D eigenvalue weighted by Gasteiger charge is 2.24. The molecule has 2 fully saturated rings. The topological polar surface area (TPSA) is 49.3 Å². The Hall–Kier alpha value is -1.44. The highest BCUT2D eigenvalue weighted by molar-refractivity contribution is 8.00. The standard InChI is InChI=1S/C24H40N4O2S/c1-19(2)23-18-28(11-15-31-23)24(25-3)26-17-20-6-5-7-22(16-20)30-14-10-27(4)21-8-12-29-13-9-21/h5-7,16,19,21,23H,8-15,17-18H2,1-4H3,(H,25,26). The summed E-state index contributed by atoms with van der Waals surface area (Å²) in [6.45, 7) is 10.9. The number of guanidine groups is 1. The fourth-order valence-corrected chi connectivity index (χ4v) is 5.44. The molecule has 2 aliphatic rings. The van der Waals surface area contributed by atoms with E-state index in [0.29, 0.717) is 23.8 Å². The largest absolute Gasteiger partial charge is 0.492 e. The van der Waals surface area contributed by atoms with Gasteiger partial charge in [-0.3, -0.25) is 9.89 Å². The van der Waals surface area contributed by atoms with E-state index >= 15 is 0 Å². The number of hydrogen-bond donors (Lipinski definition) is 1. The summed E-state index contributed by atoms with van der Waals surface area (Å²) in [5, 5.41) is 4.22. The van der Waals surface area contributed by atoms with Crippen molar-refractivity contribution in [3.05, 3.63) is 29.8 Å². The van der Waals surface area contributed by atoms with E-state index in [-0.39, 0.29) is 0 Å². The summed E-state index contributed by atoms with van der Waals surface area (Å²) >= 11 is 2.09. The molecule has 0 amide bonds. The average molecular weight is 449 g/mol. The Balaban J connectivity index is 1.45. The minimum Gasteiger partial charge on any atom is -0.492 e. The predicted octanol–water partition coefficient (Wildman–Crippen LogP) is 3.33. The van der Waals surface area contributed by atoms with E-state index in [0.717, 1.165) is 69.7 Å². The maximum Gasteiger partial charge on any atom is 0.193 e. The van der Waals surface area contributed by atoms with Gasteiger partial charge in [0.05, 0.1) is 0 Å². The summed E-state index contributed by atoms with van der Waals surface area (Å²) in [7, 11) is 4.07. The van der Waals surface area contributed by atoms with Crippen LogP contribution in [0.25, 0.3) is 0 Å². The van der Waals surface area contributed by atoms with Crippen LogP contribution in [0.15, 0.2) is 29.3 Å². The normalized spacial score (nSPS) is 21.0. The van der Waals surface area contributed by atoms with E-state index in [9.17, 15) is 0 Å². The zero-order valence-electron chi connectivity index (χ0n) is 19.7. The summed E-state index contributed by atoms with van der Waals surface area (Å²) in [5.74, 6) is 3.78. The van der Waals surface area contributed by atoms with E-state index in [2.05, 4.69) is 71.0 Å². The van der Waals surface area contributed by atoms with Crippen LogP contribution in [-0.2, 0) is 11.3 Å². The zero-order chi connectivity index (χ0) is 22.1.